The molecule has 0 radical (unpaired) electrons. The fourth-order valence-electron chi connectivity index (χ4n) is 5.32. The van der Waals surface area contributed by atoms with Crippen molar-refractivity contribution in [2.75, 3.05) is 37.8 Å². The minimum absolute atomic E-state index is 0.0224. The molecule has 198 valence electrons. The second kappa shape index (κ2) is 11.4. The molecule has 1 N–H and O–H groups in total. The van der Waals surface area contributed by atoms with Gasteiger partial charge < -0.3 is 28.2 Å². The van der Waals surface area contributed by atoms with Gasteiger partial charge in [0.2, 0.25) is 0 Å². The van der Waals surface area contributed by atoms with E-state index in [4.69, 9.17) is 14.2 Å². The summed E-state index contributed by atoms with van der Waals surface area (Å²) in [5.41, 5.74) is 4.21. The third-order valence-electron chi connectivity index (χ3n) is 7.53. The summed E-state index contributed by atoms with van der Waals surface area (Å²) in [4.78, 5) is 17.8. The zero-order valence-electron chi connectivity index (χ0n) is 21.6. The zero-order chi connectivity index (χ0) is 25.9. The topological polar surface area (TPSA) is 86.1 Å². The molecular formula is C28H35N3O5S. The van der Waals surface area contributed by atoms with Gasteiger partial charge in [-0.25, -0.2) is 4.98 Å². The Bertz CT molecular complexity index is 1220. The van der Waals surface area contributed by atoms with E-state index < -0.39 is 11.9 Å². The van der Waals surface area contributed by atoms with Gasteiger partial charge in [-0.2, -0.15) is 0 Å². The number of anilines is 1. The predicted octanol–water partition coefficient (Wildman–Crippen LogP) is 4.79. The van der Waals surface area contributed by atoms with Crippen LogP contribution in [0.1, 0.15) is 36.6 Å². The fraction of sp³-hybridized carbons (Fsp3) is 0.500. The molecule has 2 aliphatic rings. The van der Waals surface area contributed by atoms with Gasteiger partial charge in [0, 0.05) is 24.7 Å². The molecule has 2 heterocycles. The smallest absolute Gasteiger partial charge is 0.307 e. The first-order chi connectivity index (χ1) is 17.9. The minimum Gasteiger partial charge on any atom is -0.481 e. The molecule has 3 aromatic rings. The Hall–Kier alpha value is -2.59. The highest BCUT2D eigenvalue weighted by molar-refractivity contribution is 8.00. The molecule has 4 atom stereocenters. The summed E-state index contributed by atoms with van der Waals surface area (Å²) in [6.45, 7) is 4.27. The van der Waals surface area contributed by atoms with E-state index in [9.17, 15) is 9.90 Å². The molecule has 2 fully saturated rings. The van der Waals surface area contributed by atoms with Crippen molar-refractivity contribution in [3.05, 3.63) is 53.9 Å². The van der Waals surface area contributed by atoms with Crippen molar-refractivity contribution in [1.82, 2.24) is 9.55 Å². The van der Waals surface area contributed by atoms with Gasteiger partial charge >= 0.3 is 5.97 Å². The number of hydrogen-bond donors (Lipinski definition) is 1. The van der Waals surface area contributed by atoms with E-state index in [-0.39, 0.29) is 18.1 Å². The van der Waals surface area contributed by atoms with E-state index >= 15 is 0 Å². The Morgan fingerprint density at radius 2 is 2.03 bits per heavy atom. The SMILES string of the molecule is Cc1nc2cc(SN(C)c3ccc([C@@H]4C[C@H](OCC5COCCO5)CCC4C(=O)O)cc3)ccc2n1C. The van der Waals surface area contributed by atoms with Crippen LogP contribution in [-0.2, 0) is 26.1 Å². The molecular weight excluding hydrogens is 490 g/mol. The van der Waals surface area contributed by atoms with Crippen molar-refractivity contribution in [2.45, 2.75) is 49.2 Å². The molecule has 1 aliphatic heterocycles. The molecule has 0 bridgehead atoms. The van der Waals surface area contributed by atoms with Gasteiger partial charge in [-0.3, -0.25) is 4.79 Å². The van der Waals surface area contributed by atoms with Crippen LogP contribution in [-0.4, -0.2) is 66.3 Å². The van der Waals surface area contributed by atoms with Gasteiger partial charge in [-0.15, -0.1) is 0 Å². The maximum Gasteiger partial charge on any atom is 0.307 e. The maximum absolute atomic E-state index is 12.0. The van der Waals surface area contributed by atoms with Crippen molar-refractivity contribution in [2.24, 2.45) is 13.0 Å². The third-order valence-corrected chi connectivity index (χ3v) is 8.47. The summed E-state index contributed by atoms with van der Waals surface area (Å²) in [5, 5.41) is 9.90. The molecule has 2 unspecified atom stereocenters. The van der Waals surface area contributed by atoms with Crippen LogP contribution in [0.15, 0.2) is 47.4 Å². The minimum atomic E-state index is -0.732. The quantitative estimate of drug-likeness (QED) is 0.420. The number of nitrogens with zero attached hydrogens (tertiary/aromatic N) is 3. The van der Waals surface area contributed by atoms with E-state index in [1.165, 1.54) is 0 Å². The number of benzene rings is 2. The summed E-state index contributed by atoms with van der Waals surface area (Å²) in [6, 6.07) is 14.6. The highest BCUT2D eigenvalue weighted by Gasteiger charge is 2.36. The lowest BCUT2D eigenvalue weighted by Crippen LogP contribution is -2.37. The molecule has 9 heteroatoms. The molecule has 1 saturated heterocycles. The van der Waals surface area contributed by atoms with Gasteiger partial charge in [0.25, 0.3) is 0 Å². The number of aliphatic carboxylic acids is 1. The fourth-order valence-corrected chi connectivity index (χ4v) is 6.16. The van der Waals surface area contributed by atoms with Crippen molar-refractivity contribution in [1.29, 1.82) is 0 Å². The monoisotopic (exact) mass is 525 g/mol. The number of carboxylic acids is 1. The van der Waals surface area contributed by atoms with E-state index in [0.717, 1.165) is 39.4 Å². The number of ether oxygens (including phenoxy) is 3. The Morgan fingerprint density at radius 1 is 1.22 bits per heavy atom. The van der Waals surface area contributed by atoms with Crippen molar-refractivity contribution in [3.63, 3.8) is 0 Å². The summed E-state index contributed by atoms with van der Waals surface area (Å²) in [7, 11) is 4.07. The molecule has 1 aromatic heterocycles. The number of fused-ring (bicyclic) bond motifs is 1. The predicted molar refractivity (Wildman–Crippen MR) is 144 cm³/mol. The summed E-state index contributed by atoms with van der Waals surface area (Å²) in [5.74, 6) is -0.223. The first-order valence-corrected chi connectivity index (χ1v) is 13.6. The second-order valence-electron chi connectivity index (χ2n) is 9.94. The molecule has 5 rings (SSSR count). The lowest BCUT2D eigenvalue weighted by atomic mass is 9.74. The lowest BCUT2D eigenvalue weighted by Gasteiger charge is -2.35. The molecule has 0 spiro atoms. The molecule has 1 saturated carbocycles. The standard InChI is InChI=1S/C28H35N3O5S/c1-18-29-26-15-23(9-11-27(26)30(18)2)37-31(3)20-6-4-19(5-7-20)25-14-21(8-10-24(25)28(32)33)36-17-22-16-34-12-13-35-22/h4-7,9,11,15,21-22,24-25H,8,10,12-14,16-17H2,1-3H3,(H,32,33)/t21-,22?,24?,25+/m1/s1. The van der Waals surface area contributed by atoms with Crippen molar-refractivity contribution < 1.29 is 24.1 Å². The number of aromatic nitrogens is 2. The van der Waals surface area contributed by atoms with Gasteiger partial charge in [0.1, 0.15) is 11.9 Å². The Kier molecular flexibility index (Phi) is 8.04. The number of aryl methyl sites for hydroxylation is 2. The van der Waals surface area contributed by atoms with Crippen LogP contribution in [0.2, 0.25) is 0 Å². The van der Waals surface area contributed by atoms with Gasteiger partial charge in [-0.05, 0) is 79.9 Å². The average molecular weight is 526 g/mol. The van der Waals surface area contributed by atoms with Crippen LogP contribution in [0, 0.1) is 12.8 Å². The van der Waals surface area contributed by atoms with E-state index in [1.807, 2.05) is 21.0 Å². The maximum atomic E-state index is 12.0. The van der Waals surface area contributed by atoms with Crippen molar-refractivity contribution in [3.8, 4) is 0 Å². The normalized spacial score (nSPS) is 24.3. The van der Waals surface area contributed by atoms with Crippen LogP contribution in [0.25, 0.3) is 11.0 Å². The van der Waals surface area contributed by atoms with E-state index in [0.29, 0.717) is 39.3 Å². The van der Waals surface area contributed by atoms with Crippen LogP contribution >= 0.6 is 11.9 Å². The third kappa shape index (κ3) is 5.95. The Labute approximate surface area is 222 Å². The van der Waals surface area contributed by atoms with Crippen molar-refractivity contribution >= 4 is 34.6 Å². The Balaban J connectivity index is 1.24. The van der Waals surface area contributed by atoms with Crippen LogP contribution in [0.5, 0.6) is 0 Å². The highest BCUT2D eigenvalue weighted by atomic mass is 32.2. The summed E-state index contributed by atoms with van der Waals surface area (Å²) in [6.07, 6.45) is 2.03. The molecule has 1 aliphatic carbocycles. The number of carboxylic acid groups (broad SMARTS) is 1. The molecule has 37 heavy (non-hydrogen) atoms. The summed E-state index contributed by atoms with van der Waals surface area (Å²) >= 11 is 1.64. The largest absolute Gasteiger partial charge is 0.481 e. The molecule has 8 nitrogen and oxygen atoms in total. The Morgan fingerprint density at radius 3 is 2.76 bits per heavy atom. The molecule has 2 aromatic carbocycles. The summed E-state index contributed by atoms with van der Waals surface area (Å²) < 4.78 is 21.5. The van der Waals surface area contributed by atoms with Crippen LogP contribution in [0.3, 0.4) is 0 Å². The molecule has 0 amide bonds. The highest BCUT2D eigenvalue weighted by Crippen LogP contribution is 2.40. The first kappa shape index (κ1) is 26.0. The number of carbonyl (C=O) groups is 1. The second-order valence-corrected chi connectivity index (χ2v) is 11.1. The number of hydrogen-bond acceptors (Lipinski definition) is 7. The zero-order valence-corrected chi connectivity index (χ0v) is 22.4. The van der Waals surface area contributed by atoms with E-state index in [2.05, 4.69) is 56.3 Å². The number of rotatable bonds is 8. The van der Waals surface area contributed by atoms with E-state index in [1.54, 1.807) is 11.9 Å². The lowest BCUT2D eigenvalue weighted by molar-refractivity contribution is -0.147. The van der Waals surface area contributed by atoms with Gasteiger partial charge in [0.15, 0.2) is 0 Å². The number of imidazole rings is 1. The van der Waals surface area contributed by atoms with Crippen LogP contribution in [0.4, 0.5) is 5.69 Å². The average Bonchev–Trinajstić information content (AvgIpc) is 3.20. The first-order valence-electron chi connectivity index (χ1n) is 12.9. The van der Waals surface area contributed by atoms with Gasteiger partial charge in [0.05, 0.1) is 49.5 Å². The van der Waals surface area contributed by atoms with Gasteiger partial charge in [-0.1, -0.05) is 12.1 Å². The van der Waals surface area contributed by atoms with Crippen LogP contribution < -0.4 is 4.31 Å².